The lowest BCUT2D eigenvalue weighted by molar-refractivity contribution is 0.113. The Balaban J connectivity index is 1.76. The lowest BCUT2D eigenvalue weighted by Crippen LogP contribution is -2.48. The molecule has 0 radical (unpaired) electrons. The molecule has 0 aliphatic carbocycles. The first-order valence-electron chi connectivity index (χ1n) is 8.99. The van der Waals surface area contributed by atoms with Crippen LogP contribution in [0.2, 0.25) is 0 Å². The number of aryl methyl sites for hydroxylation is 1. The Morgan fingerprint density at radius 2 is 1.58 bits per heavy atom. The minimum atomic E-state index is -3.52. The average molecular weight is 374 g/mol. The lowest BCUT2D eigenvalue weighted by Gasteiger charge is -2.38. The van der Waals surface area contributed by atoms with Crippen LogP contribution in [0.1, 0.15) is 17.2 Å². The van der Waals surface area contributed by atoms with Crippen LogP contribution in [-0.2, 0) is 10.0 Å². The summed E-state index contributed by atoms with van der Waals surface area (Å²) in [6, 6.07) is 17.1. The van der Waals surface area contributed by atoms with E-state index in [4.69, 9.17) is 0 Å². The summed E-state index contributed by atoms with van der Waals surface area (Å²) >= 11 is 0. The molecule has 1 unspecified atom stereocenters. The molecule has 1 atom stereocenters. The van der Waals surface area contributed by atoms with E-state index in [1.165, 1.54) is 0 Å². The van der Waals surface area contributed by atoms with Crippen LogP contribution in [0.5, 0.6) is 0 Å². The molecule has 1 heterocycles. The summed E-state index contributed by atoms with van der Waals surface area (Å²) in [5.74, 6) is 0. The third-order valence-corrected chi connectivity index (χ3v) is 6.40. The molecule has 3 rings (SSSR count). The Bertz CT molecular complexity index is 799. The topological polar surface area (TPSA) is 52.7 Å². The highest BCUT2D eigenvalue weighted by atomic mass is 32.2. The van der Waals surface area contributed by atoms with E-state index in [-0.39, 0.29) is 6.04 Å². The van der Waals surface area contributed by atoms with Crippen molar-refractivity contribution in [3.63, 3.8) is 0 Å². The van der Waals surface area contributed by atoms with Gasteiger partial charge in [0.2, 0.25) is 10.0 Å². The fraction of sp³-hybridized carbons (Fsp3) is 0.400. The Hall–Kier alpha value is -1.73. The van der Waals surface area contributed by atoms with Gasteiger partial charge in [-0.25, -0.2) is 13.1 Å². The van der Waals surface area contributed by atoms with Crippen LogP contribution in [-0.4, -0.2) is 58.0 Å². The fourth-order valence-corrected chi connectivity index (χ4v) is 4.29. The SMILES string of the molecule is Cc1ccc(S(=O)(=O)NCC(c2ccccc2)N2CCN(C)CC2)cc1. The molecule has 140 valence electrons. The molecule has 0 amide bonds. The number of nitrogens with zero attached hydrogens (tertiary/aromatic N) is 2. The number of rotatable bonds is 6. The number of hydrogen-bond donors (Lipinski definition) is 1. The van der Waals surface area contributed by atoms with Gasteiger partial charge in [-0.1, -0.05) is 48.0 Å². The summed E-state index contributed by atoms with van der Waals surface area (Å²) < 4.78 is 28.2. The van der Waals surface area contributed by atoms with Crippen LogP contribution in [0.15, 0.2) is 59.5 Å². The molecule has 1 saturated heterocycles. The maximum atomic E-state index is 12.7. The van der Waals surface area contributed by atoms with Gasteiger partial charge in [0.15, 0.2) is 0 Å². The second-order valence-electron chi connectivity index (χ2n) is 6.93. The second-order valence-corrected chi connectivity index (χ2v) is 8.70. The maximum absolute atomic E-state index is 12.7. The highest BCUT2D eigenvalue weighted by molar-refractivity contribution is 7.89. The normalized spacial score (nSPS) is 17.9. The number of nitrogens with one attached hydrogen (secondary N) is 1. The maximum Gasteiger partial charge on any atom is 0.240 e. The molecule has 0 aromatic heterocycles. The smallest absolute Gasteiger partial charge is 0.240 e. The predicted molar refractivity (Wildman–Crippen MR) is 105 cm³/mol. The van der Waals surface area contributed by atoms with E-state index in [2.05, 4.69) is 33.7 Å². The molecule has 0 spiro atoms. The third-order valence-electron chi connectivity index (χ3n) is 4.96. The molecule has 0 saturated carbocycles. The molecular formula is C20H27N3O2S. The molecule has 1 aliphatic heterocycles. The van der Waals surface area contributed by atoms with E-state index in [1.807, 2.05) is 37.3 Å². The number of sulfonamides is 1. The van der Waals surface area contributed by atoms with Gasteiger partial charge in [0.05, 0.1) is 4.90 Å². The molecule has 1 fully saturated rings. The predicted octanol–water partition coefficient (Wildman–Crippen LogP) is 2.26. The number of hydrogen-bond acceptors (Lipinski definition) is 4. The molecule has 2 aromatic rings. The van der Waals surface area contributed by atoms with Crippen LogP contribution >= 0.6 is 0 Å². The number of piperazine rings is 1. The Kier molecular flexibility index (Phi) is 6.09. The monoisotopic (exact) mass is 373 g/mol. The molecule has 1 N–H and O–H groups in total. The first-order chi connectivity index (χ1) is 12.5. The van der Waals surface area contributed by atoms with Crippen molar-refractivity contribution in [3.05, 3.63) is 65.7 Å². The van der Waals surface area contributed by atoms with Crippen molar-refractivity contribution >= 4 is 10.0 Å². The van der Waals surface area contributed by atoms with E-state index in [1.54, 1.807) is 12.1 Å². The standard InChI is InChI=1S/C20H27N3O2S/c1-17-8-10-19(11-9-17)26(24,25)21-16-20(18-6-4-3-5-7-18)23-14-12-22(2)13-15-23/h3-11,20-21H,12-16H2,1-2H3. The van der Waals surface area contributed by atoms with Gasteiger partial charge in [0.25, 0.3) is 0 Å². The van der Waals surface area contributed by atoms with Crippen LogP contribution in [0.3, 0.4) is 0 Å². The van der Waals surface area contributed by atoms with Gasteiger partial charge < -0.3 is 4.90 Å². The minimum absolute atomic E-state index is 0.0325. The second kappa shape index (κ2) is 8.31. The number of benzene rings is 2. The zero-order chi connectivity index (χ0) is 18.6. The zero-order valence-electron chi connectivity index (χ0n) is 15.4. The van der Waals surface area contributed by atoms with Crippen LogP contribution in [0.25, 0.3) is 0 Å². The Morgan fingerprint density at radius 3 is 2.19 bits per heavy atom. The van der Waals surface area contributed by atoms with Gasteiger partial charge in [-0.3, -0.25) is 4.90 Å². The van der Waals surface area contributed by atoms with Gasteiger partial charge in [-0.2, -0.15) is 0 Å². The van der Waals surface area contributed by atoms with Crippen LogP contribution in [0.4, 0.5) is 0 Å². The first-order valence-corrected chi connectivity index (χ1v) is 10.5. The van der Waals surface area contributed by atoms with Gasteiger partial charge in [0, 0.05) is 38.8 Å². The fourth-order valence-electron chi connectivity index (χ4n) is 3.26. The van der Waals surface area contributed by atoms with Crippen LogP contribution in [0, 0.1) is 6.92 Å². The highest BCUT2D eigenvalue weighted by Crippen LogP contribution is 2.22. The summed E-state index contributed by atoms with van der Waals surface area (Å²) in [6.45, 7) is 6.17. The molecule has 0 bridgehead atoms. The summed E-state index contributed by atoms with van der Waals surface area (Å²) in [7, 11) is -1.40. The van der Waals surface area contributed by atoms with Gasteiger partial charge >= 0.3 is 0 Å². The van der Waals surface area contributed by atoms with Crippen LogP contribution < -0.4 is 4.72 Å². The van der Waals surface area contributed by atoms with Crippen molar-refractivity contribution < 1.29 is 8.42 Å². The van der Waals surface area contributed by atoms with Gasteiger partial charge in [-0.15, -0.1) is 0 Å². The van der Waals surface area contributed by atoms with Crippen molar-refractivity contribution in [1.29, 1.82) is 0 Å². The van der Waals surface area contributed by atoms with Crippen molar-refractivity contribution in [2.24, 2.45) is 0 Å². The summed E-state index contributed by atoms with van der Waals surface area (Å²) in [4.78, 5) is 4.98. The van der Waals surface area contributed by atoms with E-state index >= 15 is 0 Å². The molecule has 26 heavy (non-hydrogen) atoms. The molecule has 6 heteroatoms. The summed E-state index contributed by atoms with van der Waals surface area (Å²) in [6.07, 6.45) is 0. The molecule has 1 aliphatic rings. The molecule has 2 aromatic carbocycles. The highest BCUT2D eigenvalue weighted by Gasteiger charge is 2.25. The van der Waals surface area contributed by atoms with E-state index in [0.29, 0.717) is 11.4 Å². The Labute approximate surface area is 156 Å². The van der Waals surface area contributed by atoms with Crippen molar-refractivity contribution in [2.75, 3.05) is 39.8 Å². The van der Waals surface area contributed by atoms with Crippen molar-refractivity contribution in [2.45, 2.75) is 17.9 Å². The molecule has 5 nitrogen and oxygen atoms in total. The molecular weight excluding hydrogens is 346 g/mol. The first kappa shape index (κ1) is 19.0. The quantitative estimate of drug-likeness (QED) is 0.844. The largest absolute Gasteiger partial charge is 0.304 e. The Morgan fingerprint density at radius 1 is 0.962 bits per heavy atom. The zero-order valence-corrected chi connectivity index (χ0v) is 16.2. The third kappa shape index (κ3) is 4.71. The van der Waals surface area contributed by atoms with E-state index in [9.17, 15) is 8.42 Å². The van der Waals surface area contributed by atoms with E-state index < -0.39 is 10.0 Å². The minimum Gasteiger partial charge on any atom is -0.304 e. The summed E-state index contributed by atoms with van der Waals surface area (Å²) in [5, 5.41) is 0. The summed E-state index contributed by atoms with van der Waals surface area (Å²) in [5.41, 5.74) is 2.19. The van der Waals surface area contributed by atoms with Crippen molar-refractivity contribution in [1.82, 2.24) is 14.5 Å². The van der Waals surface area contributed by atoms with E-state index in [0.717, 1.165) is 37.3 Å². The number of likely N-dealkylation sites (N-methyl/N-ethyl adjacent to an activating group) is 1. The van der Waals surface area contributed by atoms with Crippen molar-refractivity contribution in [3.8, 4) is 0 Å². The van der Waals surface area contributed by atoms with Gasteiger partial charge in [-0.05, 0) is 31.7 Å². The average Bonchev–Trinajstić information content (AvgIpc) is 2.64. The van der Waals surface area contributed by atoms with Gasteiger partial charge in [0.1, 0.15) is 0 Å². The lowest BCUT2D eigenvalue weighted by atomic mass is 10.0.